The fourth-order valence-electron chi connectivity index (χ4n) is 1.02. The number of halogens is 2. The van der Waals surface area contributed by atoms with Gasteiger partial charge in [0, 0.05) is 0 Å². The first-order chi connectivity index (χ1) is 6.20. The predicted molar refractivity (Wildman–Crippen MR) is 47.3 cm³/mol. The molecule has 0 fully saturated rings. The van der Waals surface area contributed by atoms with Crippen molar-refractivity contribution in [1.82, 2.24) is 4.98 Å². The van der Waals surface area contributed by atoms with Crippen LogP contribution in [0.4, 0.5) is 10.2 Å². The monoisotopic (exact) mass is 248 g/mol. The zero-order chi connectivity index (χ0) is 9.42. The van der Waals surface area contributed by atoms with Crippen molar-refractivity contribution in [1.29, 1.82) is 0 Å². The molecule has 0 radical (unpaired) electrons. The third-order valence-corrected chi connectivity index (χ3v) is 2.31. The fourth-order valence-corrected chi connectivity index (χ4v) is 1.51. The Morgan fingerprint density at radius 1 is 1.38 bits per heavy atom. The van der Waals surface area contributed by atoms with E-state index in [9.17, 15) is 4.39 Å². The summed E-state index contributed by atoms with van der Waals surface area (Å²) in [6.07, 6.45) is 0. The van der Waals surface area contributed by atoms with Gasteiger partial charge in [0.05, 0.1) is 0 Å². The molecule has 2 rings (SSSR count). The smallest absolute Gasteiger partial charge is 0.260 e. The zero-order valence-corrected chi connectivity index (χ0v) is 8.10. The first kappa shape index (κ1) is 8.55. The number of ether oxygens (including phenoxy) is 2. The fraction of sp³-hybridized carbons (Fsp3) is 0.286. The summed E-state index contributed by atoms with van der Waals surface area (Å²) in [6.45, 7) is 0.786. The molecular weight excluding hydrogens is 243 g/mol. The number of rotatable bonds is 0. The minimum Gasteiger partial charge on any atom is -0.483 e. The van der Waals surface area contributed by atoms with Crippen molar-refractivity contribution in [2.45, 2.75) is 0 Å². The molecule has 1 aliphatic heterocycles. The lowest BCUT2D eigenvalue weighted by molar-refractivity contribution is 0.162. The largest absolute Gasteiger partial charge is 0.483 e. The Morgan fingerprint density at radius 3 is 2.85 bits per heavy atom. The van der Waals surface area contributed by atoms with Crippen LogP contribution in [0.2, 0.25) is 0 Å². The minimum atomic E-state index is -0.621. The van der Waals surface area contributed by atoms with E-state index in [-0.39, 0.29) is 21.9 Å². The topological polar surface area (TPSA) is 57.4 Å². The summed E-state index contributed by atoms with van der Waals surface area (Å²) in [4.78, 5) is 3.70. The summed E-state index contributed by atoms with van der Waals surface area (Å²) < 4.78 is 23.6. The number of pyridine rings is 1. The maximum Gasteiger partial charge on any atom is 0.260 e. The van der Waals surface area contributed by atoms with Gasteiger partial charge in [-0.15, -0.1) is 0 Å². The third kappa shape index (κ3) is 1.31. The molecule has 0 amide bonds. The van der Waals surface area contributed by atoms with Crippen molar-refractivity contribution in [2.24, 2.45) is 0 Å². The van der Waals surface area contributed by atoms with Crippen LogP contribution in [0.15, 0.2) is 4.47 Å². The van der Waals surface area contributed by atoms with Gasteiger partial charge in [-0.1, -0.05) is 0 Å². The third-order valence-electron chi connectivity index (χ3n) is 1.60. The first-order valence-electron chi connectivity index (χ1n) is 3.60. The maximum atomic E-state index is 13.1. The Kier molecular flexibility index (Phi) is 1.99. The van der Waals surface area contributed by atoms with E-state index in [4.69, 9.17) is 15.2 Å². The van der Waals surface area contributed by atoms with Gasteiger partial charge >= 0.3 is 0 Å². The van der Waals surface area contributed by atoms with E-state index >= 15 is 0 Å². The molecule has 0 saturated heterocycles. The van der Waals surface area contributed by atoms with Crippen LogP contribution in [0, 0.1) is 5.82 Å². The van der Waals surface area contributed by atoms with Crippen LogP contribution < -0.4 is 15.2 Å². The van der Waals surface area contributed by atoms with Gasteiger partial charge in [-0.2, -0.15) is 4.98 Å². The molecule has 0 saturated carbocycles. The highest BCUT2D eigenvalue weighted by Gasteiger charge is 2.22. The molecule has 0 spiro atoms. The molecule has 1 aliphatic rings. The summed E-state index contributed by atoms with van der Waals surface area (Å²) in [6, 6.07) is 0. The van der Waals surface area contributed by atoms with E-state index in [1.807, 2.05) is 0 Å². The predicted octanol–water partition coefficient (Wildman–Crippen LogP) is 1.34. The summed E-state index contributed by atoms with van der Waals surface area (Å²) in [5, 5.41) is 0. The Hall–Kier alpha value is -1.04. The van der Waals surface area contributed by atoms with Gasteiger partial charge < -0.3 is 15.2 Å². The number of nitrogen functional groups attached to an aromatic ring is 1. The standard InChI is InChI=1S/C7H6BrFN2O2/c8-3-4(9)6(10)11-7-5(3)12-1-2-13-7/h1-2H2,(H2,10,11). The second-order valence-corrected chi connectivity index (χ2v) is 3.25. The molecule has 6 heteroatoms. The quantitative estimate of drug-likeness (QED) is 0.753. The van der Waals surface area contributed by atoms with E-state index in [2.05, 4.69) is 20.9 Å². The molecule has 0 bridgehead atoms. The average molecular weight is 249 g/mol. The van der Waals surface area contributed by atoms with Crippen LogP contribution in [0.25, 0.3) is 0 Å². The number of nitrogens with zero attached hydrogens (tertiary/aromatic N) is 1. The molecule has 1 aromatic rings. The number of anilines is 1. The van der Waals surface area contributed by atoms with E-state index in [0.717, 1.165) is 0 Å². The molecule has 4 nitrogen and oxygen atoms in total. The molecule has 2 N–H and O–H groups in total. The SMILES string of the molecule is Nc1nc2c(c(Br)c1F)OCCO2. The maximum absolute atomic E-state index is 13.1. The van der Waals surface area contributed by atoms with Crippen LogP contribution in [0.1, 0.15) is 0 Å². The van der Waals surface area contributed by atoms with Gasteiger partial charge in [0.15, 0.2) is 17.4 Å². The molecule has 13 heavy (non-hydrogen) atoms. The van der Waals surface area contributed by atoms with Gasteiger partial charge in [-0.05, 0) is 15.9 Å². The minimum absolute atomic E-state index is 0.162. The molecular formula is C7H6BrFN2O2. The summed E-state index contributed by atoms with van der Waals surface area (Å²) in [5.41, 5.74) is 5.29. The number of aromatic nitrogens is 1. The van der Waals surface area contributed by atoms with Crippen LogP contribution in [-0.4, -0.2) is 18.2 Å². The highest BCUT2D eigenvalue weighted by Crippen LogP contribution is 2.39. The zero-order valence-electron chi connectivity index (χ0n) is 6.51. The second-order valence-electron chi connectivity index (χ2n) is 2.46. The van der Waals surface area contributed by atoms with Crippen LogP contribution in [0.3, 0.4) is 0 Å². The van der Waals surface area contributed by atoms with Crippen LogP contribution in [0.5, 0.6) is 11.6 Å². The lowest BCUT2D eigenvalue weighted by Gasteiger charge is -2.18. The van der Waals surface area contributed by atoms with Gasteiger partial charge in [0.2, 0.25) is 0 Å². The average Bonchev–Trinajstić information content (AvgIpc) is 2.15. The van der Waals surface area contributed by atoms with Crippen LogP contribution >= 0.6 is 15.9 Å². The Balaban J connectivity index is 2.60. The molecule has 2 heterocycles. The van der Waals surface area contributed by atoms with Crippen molar-refractivity contribution >= 4 is 21.7 Å². The van der Waals surface area contributed by atoms with Gasteiger partial charge in [0.25, 0.3) is 5.88 Å². The van der Waals surface area contributed by atoms with E-state index in [0.29, 0.717) is 13.2 Å². The van der Waals surface area contributed by atoms with Crippen molar-refractivity contribution in [3.8, 4) is 11.6 Å². The molecule has 70 valence electrons. The number of hydrogen-bond donors (Lipinski definition) is 1. The summed E-state index contributed by atoms with van der Waals surface area (Å²) >= 11 is 3.02. The molecule has 0 unspecified atom stereocenters. The summed E-state index contributed by atoms with van der Waals surface area (Å²) in [5.74, 6) is -0.310. The van der Waals surface area contributed by atoms with Crippen LogP contribution in [-0.2, 0) is 0 Å². The first-order valence-corrected chi connectivity index (χ1v) is 4.39. The number of nitrogens with two attached hydrogens (primary N) is 1. The highest BCUT2D eigenvalue weighted by molar-refractivity contribution is 9.10. The lowest BCUT2D eigenvalue weighted by Crippen LogP contribution is -2.18. The van der Waals surface area contributed by atoms with Crippen molar-refractivity contribution in [3.63, 3.8) is 0 Å². The lowest BCUT2D eigenvalue weighted by atomic mass is 10.4. The van der Waals surface area contributed by atoms with Crippen molar-refractivity contribution < 1.29 is 13.9 Å². The van der Waals surface area contributed by atoms with Gasteiger partial charge in [-0.25, -0.2) is 4.39 Å². The van der Waals surface area contributed by atoms with Gasteiger partial charge in [-0.3, -0.25) is 0 Å². The molecule has 0 aliphatic carbocycles. The normalized spacial score (nSPS) is 14.3. The second kappa shape index (κ2) is 3.02. The molecule has 0 atom stereocenters. The van der Waals surface area contributed by atoms with Gasteiger partial charge in [0.1, 0.15) is 17.7 Å². The Morgan fingerprint density at radius 2 is 2.08 bits per heavy atom. The Bertz CT molecular complexity index is 359. The van der Waals surface area contributed by atoms with Crippen molar-refractivity contribution in [3.05, 3.63) is 10.3 Å². The van der Waals surface area contributed by atoms with E-state index < -0.39 is 5.82 Å². The number of fused-ring (bicyclic) bond motifs is 1. The Labute approximate surface area is 82.0 Å². The van der Waals surface area contributed by atoms with E-state index in [1.54, 1.807) is 0 Å². The van der Waals surface area contributed by atoms with E-state index in [1.165, 1.54) is 0 Å². The molecule has 0 aromatic carbocycles. The van der Waals surface area contributed by atoms with Crippen molar-refractivity contribution in [2.75, 3.05) is 18.9 Å². The number of hydrogen-bond acceptors (Lipinski definition) is 4. The highest BCUT2D eigenvalue weighted by atomic mass is 79.9. The molecule has 1 aromatic heterocycles. The summed E-state index contributed by atoms with van der Waals surface area (Å²) in [7, 11) is 0.